The monoisotopic (exact) mass is 420 g/mol. The van der Waals surface area contributed by atoms with E-state index in [9.17, 15) is 9.18 Å². The van der Waals surface area contributed by atoms with Gasteiger partial charge in [0.25, 0.3) is 0 Å². The van der Waals surface area contributed by atoms with Gasteiger partial charge in [0.2, 0.25) is 5.91 Å². The number of benzene rings is 1. The number of amides is 1. The average Bonchev–Trinajstić information content (AvgIpc) is 2.77. The second-order valence-corrected chi connectivity index (χ2v) is 7.78. The summed E-state index contributed by atoms with van der Waals surface area (Å²) in [5, 5.41) is 3.34. The lowest BCUT2D eigenvalue weighted by Gasteiger charge is -2.36. The van der Waals surface area contributed by atoms with E-state index in [-0.39, 0.29) is 23.7 Å². The molecule has 0 bridgehead atoms. The minimum absolute atomic E-state index is 0.0810. The van der Waals surface area contributed by atoms with Gasteiger partial charge in [0.05, 0.1) is 19.8 Å². The number of ether oxygens (including phenoxy) is 2. The fourth-order valence-electron chi connectivity index (χ4n) is 3.83. The SMILES string of the molecule is CCNC(=NCC(C)Oc1cccc(F)c1)N1CCC(C(=O)N2CCOCC2)CC1. The number of guanidine groups is 1. The molecule has 0 aromatic heterocycles. The van der Waals surface area contributed by atoms with Crippen molar-refractivity contribution < 1.29 is 18.7 Å². The van der Waals surface area contributed by atoms with Gasteiger partial charge < -0.3 is 24.6 Å². The van der Waals surface area contributed by atoms with Gasteiger partial charge in [-0.2, -0.15) is 0 Å². The number of morpholine rings is 1. The number of nitrogens with zero attached hydrogens (tertiary/aromatic N) is 3. The number of likely N-dealkylation sites (tertiary alicyclic amines) is 1. The Balaban J connectivity index is 1.51. The molecule has 2 saturated heterocycles. The minimum atomic E-state index is -0.314. The van der Waals surface area contributed by atoms with Gasteiger partial charge in [0, 0.05) is 44.7 Å². The number of piperidine rings is 1. The van der Waals surface area contributed by atoms with E-state index in [1.54, 1.807) is 12.1 Å². The first-order valence-corrected chi connectivity index (χ1v) is 10.9. The zero-order valence-electron chi connectivity index (χ0n) is 18.0. The molecule has 1 aromatic carbocycles. The van der Waals surface area contributed by atoms with E-state index in [0.29, 0.717) is 38.6 Å². The summed E-state index contributed by atoms with van der Waals surface area (Å²) in [5.74, 6) is 1.37. The third-order valence-corrected chi connectivity index (χ3v) is 5.43. The van der Waals surface area contributed by atoms with Crippen molar-refractivity contribution in [1.82, 2.24) is 15.1 Å². The maximum Gasteiger partial charge on any atom is 0.225 e. The van der Waals surface area contributed by atoms with Crippen LogP contribution in [0.1, 0.15) is 26.7 Å². The summed E-state index contributed by atoms with van der Waals surface area (Å²) in [6.45, 7) is 9.46. The molecule has 2 fully saturated rings. The van der Waals surface area contributed by atoms with Gasteiger partial charge >= 0.3 is 0 Å². The first kappa shape index (κ1) is 22.3. The molecular formula is C22H33FN4O3. The highest BCUT2D eigenvalue weighted by atomic mass is 19.1. The van der Waals surface area contributed by atoms with Crippen LogP contribution in [0.5, 0.6) is 5.75 Å². The number of hydrogen-bond acceptors (Lipinski definition) is 4. The van der Waals surface area contributed by atoms with Crippen LogP contribution in [0.3, 0.4) is 0 Å². The van der Waals surface area contributed by atoms with Crippen molar-refractivity contribution in [2.75, 3.05) is 52.5 Å². The number of carbonyl (C=O) groups excluding carboxylic acids is 1. The highest BCUT2D eigenvalue weighted by Crippen LogP contribution is 2.21. The van der Waals surface area contributed by atoms with Gasteiger partial charge in [0.1, 0.15) is 17.7 Å². The number of aliphatic imine (C=N–C) groups is 1. The van der Waals surface area contributed by atoms with Crippen LogP contribution in [0.4, 0.5) is 4.39 Å². The first-order valence-electron chi connectivity index (χ1n) is 10.9. The van der Waals surface area contributed by atoms with E-state index in [1.165, 1.54) is 12.1 Å². The van der Waals surface area contributed by atoms with Crippen molar-refractivity contribution in [2.24, 2.45) is 10.9 Å². The molecule has 1 unspecified atom stereocenters. The van der Waals surface area contributed by atoms with E-state index in [1.807, 2.05) is 18.7 Å². The summed E-state index contributed by atoms with van der Waals surface area (Å²) in [4.78, 5) is 21.6. The smallest absolute Gasteiger partial charge is 0.225 e. The summed E-state index contributed by atoms with van der Waals surface area (Å²) in [5.41, 5.74) is 0. The lowest BCUT2D eigenvalue weighted by atomic mass is 9.95. The number of nitrogens with one attached hydrogen (secondary N) is 1. The van der Waals surface area contributed by atoms with Gasteiger partial charge in [-0.15, -0.1) is 0 Å². The normalized spacial score (nSPS) is 19.5. The largest absolute Gasteiger partial charge is 0.489 e. The first-order chi connectivity index (χ1) is 14.6. The van der Waals surface area contributed by atoms with Crippen LogP contribution in [-0.4, -0.2) is 80.3 Å². The maximum atomic E-state index is 13.3. The van der Waals surface area contributed by atoms with E-state index in [2.05, 4.69) is 10.2 Å². The average molecular weight is 421 g/mol. The Morgan fingerprint density at radius 1 is 1.27 bits per heavy atom. The van der Waals surface area contributed by atoms with Crippen molar-refractivity contribution in [1.29, 1.82) is 0 Å². The highest BCUT2D eigenvalue weighted by Gasteiger charge is 2.30. The van der Waals surface area contributed by atoms with Gasteiger partial charge in [-0.25, -0.2) is 9.38 Å². The molecule has 30 heavy (non-hydrogen) atoms. The van der Waals surface area contributed by atoms with Crippen molar-refractivity contribution in [2.45, 2.75) is 32.8 Å². The second kappa shape index (κ2) is 11.2. The van der Waals surface area contributed by atoms with Crippen LogP contribution in [0.15, 0.2) is 29.3 Å². The van der Waals surface area contributed by atoms with E-state index >= 15 is 0 Å². The quantitative estimate of drug-likeness (QED) is 0.564. The van der Waals surface area contributed by atoms with Crippen LogP contribution in [0.2, 0.25) is 0 Å². The second-order valence-electron chi connectivity index (χ2n) is 7.78. The predicted octanol–water partition coefficient (Wildman–Crippen LogP) is 2.13. The van der Waals surface area contributed by atoms with Gasteiger partial charge in [0.15, 0.2) is 5.96 Å². The molecule has 2 aliphatic heterocycles. The Morgan fingerprint density at radius 2 is 2.00 bits per heavy atom. The van der Waals surface area contributed by atoms with Crippen LogP contribution in [-0.2, 0) is 9.53 Å². The Labute approximate surface area is 178 Å². The molecule has 1 amide bonds. The molecular weight excluding hydrogens is 387 g/mol. The Kier molecular flexibility index (Phi) is 8.30. The lowest BCUT2D eigenvalue weighted by Crippen LogP contribution is -2.50. The molecule has 0 radical (unpaired) electrons. The van der Waals surface area contributed by atoms with Crippen LogP contribution >= 0.6 is 0 Å². The molecule has 2 aliphatic rings. The van der Waals surface area contributed by atoms with Gasteiger partial charge in [-0.05, 0) is 38.8 Å². The number of carbonyl (C=O) groups is 1. The highest BCUT2D eigenvalue weighted by molar-refractivity contribution is 5.82. The molecule has 0 saturated carbocycles. The van der Waals surface area contributed by atoms with Crippen molar-refractivity contribution in [3.05, 3.63) is 30.1 Å². The molecule has 1 N–H and O–H groups in total. The Morgan fingerprint density at radius 3 is 2.67 bits per heavy atom. The third kappa shape index (κ3) is 6.32. The maximum absolute atomic E-state index is 13.3. The lowest BCUT2D eigenvalue weighted by molar-refractivity contribution is -0.140. The summed E-state index contributed by atoms with van der Waals surface area (Å²) in [6.07, 6.45) is 1.48. The standard InChI is InChI=1S/C22H33FN4O3/c1-3-24-22(25-16-17(2)30-20-6-4-5-19(23)15-20)27-9-7-18(8-10-27)21(28)26-11-13-29-14-12-26/h4-6,15,17-18H,3,7-14,16H2,1-2H3,(H,24,25). The molecule has 1 aromatic rings. The van der Waals surface area contributed by atoms with Gasteiger partial charge in [-0.1, -0.05) is 6.07 Å². The summed E-state index contributed by atoms with van der Waals surface area (Å²) in [7, 11) is 0. The molecule has 8 heteroatoms. The number of hydrogen-bond donors (Lipinski definition) is 1. The molecule has 166 valence electrons. The van der Waals surface area contributed by atoms with E-state index in [0.717, 1.165) is 38.4 Å². The predicted molar refractivity (Wildman–Crippen MR) is 114 cm³/mol. The zero-order chi connectivity index (χ0) is 21.3. The number of rotatable bonds is 6. The molecule has 7 nitrogen and oxygen atoms in total. The van der Waals surface area contributed by atoms with Crippen LogP contribution in [0.25, 0.3) is 0 Å². The third-order valence-electron chi connectivity index (χ3n) is 5.43. The fourth-order valence-corrected chi connectivity index (χ4v) is 3.83. The molecule has 3 rings (SSSR count). The van der Waals surface area contributed by atoms with E-state index < -0.39 is 0 Å². The summed E-state index contributed by atoms with van der Waals surface area (Å²) >= 11 is 0. The Hall–Kier alpha value is -2.35. The van der Waals surface area contributed by atoms with Crippen molar-refractivity contribution >= 4 is 11.9 Å². The van der Waals surface area contributed by atoms with Crippen molar-refractivity contribution in [3.8, 4) is 5.75 Å². The zero-order valence-corrected chi connectivity index (χ0v) is 18.0. The van der Waals surface area contributed by atoms with Crippen molar-refractivity contribution in [3.63, 3.8) is 0 Å². The molecule has 0 aliphatic carbocycles. The molecule has 0 spiro atoms. The summed E-state index contributed by atoms with van der Waals surface area (Å²) < 4.78 is 24.4. The van der Waals surface area contributed by atoms with Gasteiger partial charge in [-0.3, -0.25) is 4.79 Å². The Bertz CT molecular complexity index is 716. The number of halogens is 1. The molecule has 2 heterocycles. The van der Waals surface area contributed by atoms with Crippen LogP contribution < -0.4 is 10.1 Å². The topological polar surface area (TPSA) is 66.4 Å². The van der Waals surface area contributed by atoms with E-state index in [4.69, 9.17) is 14.5 Å². The fraction of sp³-hybridized carbons (Fsp3) is 0.636. The molecule has 1 atom stereocenters. The van der Waals surface area contributed by atoms with Crippen LogP contribution in [0, 0.1) is 11.7 Å². The minimum Gasteiger partial charge on any atom is -0.489 e. The summed E-state index contributed by atoms with van der Waals surface area (Å²) in [6, 6.07) is 6.14.